The van der Waals surface area contributed by atoms with E-state index in [1.54, 1.807) is 11.0 Å². The first-order valence-electron chi connectivity index (χ1n) is 5.21. The predicted octanol–water partition coefficient (Wildman–Crippen LogP) is 0.493. The maximum atomic E-state index is 12.1. The number of hydrazine groups is 1. The van der Waals surface area contributed by atoms with Gasteiger partial charge in [-0.3, -0.25) is 4.79 Å². The standard InChI is InChI=1S/C10H13ClN4O2/c11-8-5-7(6-13-9(8)14-12)10(16)15-1-3-17-4-2-15/h5-6H,1-4,12H2,(H,13,14). The number of hydrogen-bond donors (Lipinski definition) is 2. The largest absolute Gasteiger partial charge is 0.378 e. The number of halogens is 1. The smallest absolute Gasteiger partial charge is 0.255 e. The van der Waals surface area contributed by atoms with Crippen LogP contribution in [0.2, 0.25) is 5.02 Å². The van der Waals surface area contributed by atoms with Crippen LogP contribution in [0, 0.1) is 0 Å². The zero-order valence-electron chi connectivity index (χ0n) is 9.15. The maximum absolute atomic E-state index is 12.1. The van der Waals surface area contributed by atoms with Crippen LogP contribution >= 0.6 is 11.6 Å². The third kappa shape index (κ3) is 2.66. The molecule has 0 atom stereocenters. The molecule has 0 aromatic carbocycles. The highest BCUT2D eigenvalue weighted by molar-refractivity contribution is 6.33. The number of ether oxygens (including phenoxy) is 1. The fourth-order valence-electron chi connectivity index (χ4n) is 1.61. The van der Waals surface area contributed by atoms with Crippen molar-refractivity contribution in [1.82, 2.24) is 9.88 Å². The van der Waals surface area contributed by atoms with Gasteiger partial charge in [-0.1, -0.05) is 11.6 Å². The summed E-state index contributed by atoms with van der Waals surface area (Å²) in [6.07, 6.45) is 1.46. The van der Waals surface area contributed by atoms with Crippen molar-refractivity contribution in [3.05, 3.63) is 22.8 Å². The van der Waals surface area contributed by atoms with Gasteiger partial charge in [-0.2, -0.15) is 0 Å². The number of carbonyl (C=O) groups excluding carboxylic acids is 1. The summed E-state index contributed by atoms with van der Waals surface area (Å²) in [4.78, 5) is 17.8. The van der Waals surface area contributed by atoms with Gasteiger partial charge in [0, 0.05) is 19.3 Å². The molecule has 0 radical (unpaired) electrons. The Balaban J connectivity index is 2.16. The van der Waals surface area contributed by atoms with Crippen molar-refractivity contribution in [2.75, 3.05) is 31.7 Å². The third-order valence-corrected chi connectivity index (χ3v) is 2.81. The van der Waals surface area contributed by atoms with Gasteiger partial charge in [0.1, 0.15) is 0 Å². The minimum Gasteiger partial charge on any atom is -0.378 e. The minimum atomic E-state index is -0.0914. The third-order valence-electron chi connectivity index (χ3n) is 2.52. The Labute approximate surface area is 104 Å². The van der Waals surface area contributed by atoms with E-state index in [2.05, 4.69) is 10.4 Å². The lowest BCUT2D eigenvalue weighted by molar-refractivity contribution is 0.0302. The molecule has 3 N–H and O–H groups in total. The Kier molecular flexibility index (Phi) is 3.78. The van der Waals surface area contributed by atoms with Crippen LogP contribution in [0.5, 0.6) is 0 Å². The quantitative estimate of drug-likeness (QED) is 0.595. The zero-order valence-corrected chi connectivity index (χ0v) is 9.91. The number of anilines is 1. The Bertz CT molecular complexity index is 421. The molecule has 1 amide bonds. The average Bonchev–Trinajstić information content (AvgIpc) is 2.39. The van der Waals surface area contributed by atoms with E-state index in [-0.39, 0.29) is 5.91 Å². The first-order chi connectivity index (χ1) is 8.22. The van der Waals surface area contributed by atoms with E-state index >= 15 is 0 Å². The number of pyridine rings is 1. The number of nitrogens with two attached hydrogens (primary N) is 1. The summed E-state index contributed by atoms with van der Waals surface area (Å²) in [6.45, 7) is 2.31. The maximum Gasteiger partial charge on any atom is 0.255 e. The summed E-state index contributed by atoms with van der Waals surface area (Å²) in [7, 11) is 0. The van der Waals surface area contributed by atoms with Crippen molar-refractivity contribution < 1.29 is 9.53 Å². The van der Waals surface area contributed by atoms with Crippen molar-refractivity contribution >= 4 is 23.3 Å². The number of amides is 1. The molecular formula is C10H13ClN4O2. The lowest BCUT2D eigenvalue weighted by Crippen LogP contribution is -2.40. The van der Waals surface area contributed by atoms with Gasteiger partial charge in [-0.15, -0.1) is 0 Å². The van der Waals surface area contributed by atoms with Crippen molar-refractivity contribution in [3.8, 4) is 0 Å². The molecule has 0 spiro atoms. The van der Waals surface area contributed by atoms with Gasteiger partial charge in [-0.05, 0) is 6.07 Å². The van der Waals surface area contributed by atoms with Crippen LogP contribution in [0.4, 0.5) is 5.82 Å². The van der Waals surface area contributed by atoms with Crippen LogP contribution in [0.1, 0.15) is 10.4 Å². The lowest BCUT2D eigenvalue weighted by atomic mass is 10.2. The molecule has 1 saturated heterocycles. The summed E-state index contributed by atoms with van der Waals surface area (Å²) in [5, 5.41) is 0.326. The molecule has 17 heavy (non-hydrogen) atoms. The summed E-state index contributed by atoms with van der Waals surface area (Å²) in [6, 6.07) is 1.56. The monoisotopic (exact) mass is 256 g/mol. The van der Waals surface area contributed by atoms with Gasteiger partial charge < -0.3 is 15.1 Å². The molecule has 1 fully saturated rings. The Morgan fingerprint density at radius 2 is 2.24 bits per heavy atom. The predicted molar refractivity (Wildman–Crippen MR) is 63.8 cm³/mol. The molecule has 1 aliphatic rings. The van der Waals surface area contributed by atoms with Gasteiger partial charge in [-0.25, -0.2) is 10.8 Å². The first-order valence-corrected chi connectivity index (χ1v) is 5.59. The SMILES string of the molecule is NNc1ncc(C(=O)N2CCOCC2)cc1Cl. The number of hydrogen-bond acceptors (Lipinski definition) is 5. The molecule has 1 aromatic heterocycles. The molecule has 6 nitrogen and oxygen atoms in total. The molecule has 2 rings (SSSR count). The normalized spacial score (nSPS) is 15.8. The summed E-state index contributed by atoms with van der Waals surface area (Å²) < 4.78 is 5.18. The first kappa shape index (κ1) is 12.1. The van der Waals surface area contributed by atoms with Gasteiger partial charge in [0.15, 0.2) is 5.82 Å². The minimum absolute atomic E-state index is 0.0914. The van der Waals surface area contributed by atoms with E-state index in [9.17, 15) is 4.79 Å². The number of carbonyl (C=O) groups is 1. The number of morpholine rings is 1. The Hall–Kier alpha value is -1.37. The molecule has 0 bridgehead atoms. The second-order valence-electron chi connectivity index (χ2n) is 3.60. The van der Waals surface area contributed by atoms with Crippen molar-refractivity contribution in [2.45, 2.75) is 0 Å². The molecular weight excluding hydrogens is 244 g/mol. The topological polar surface area (TPSA) is 80.5 Å². The highest BCUT2D eigenvalue weighted by atomic mass is 35.5. The van der Waals surface area contributed by atoms with Crippen LogP contribution in [-0.2, 0) is 4.74 Å². The molecule has 0 aliphatic carbocycles. The molecule has 0 unspecified atom stereocenters. The van der Waals surface area contributed by atoms with E-state index in [0.29, 0.717) is 42.7 Å². The number of nitrogens with zero attached hydrogens (tertiary/aromatic N) is 2. The van der Waals surface area contributed by atoms with Crippen LogP contribution in [-0.4, -0.2) is 42.1 Å². The van der Waals surface area contributed by atoms with Crippen LogP contribution in [0.15, 0.2) is 12.3 Å². The summed E-state index contributed by atoms with van der Waals surface area (Å²) >= 11 is 5.91. The number of rotatable bonds is 2. The molecule has 1 aliphatic heterocycles. The lowest BCUT2D eigenvalue weighted by Gasteiger charge is -2.26. The van der Waals surface area contributed by atoms with Crippen molar-refractivity contribution in [2.24, 2.45) is 5.84 Å². The fraction of sp³-hybridized carbons (Fsp3) is 0.400. The molecule has 2 heterocycles. The number of nitrogen functional groups attached to an aromatic ring is 1. The van der Waals surface area contributed by atoms with E-state index < -0.39 is 0 Å². The molecule has 7 heteroatoms. The van der Waals surface area contributed by atoms with Gasteiger partial charge in [0.25, 0.3) is 5.91 Å². The second-order valence-corrected chi connectivity index (χ2v) is 4.01. The number of aromatic nitrogens is 1. The van der Waals surface area contributed by atoms with Crippen LogP contribution in [0.25, 0.3) is 0 Å². The molecule has 92 valence electrons. The summed E-state index contributed by atoms with van der Waals surface area (Å²) in [5.41, 5.74) is 2.81. The van der Waals surface area contributed by atoms with E-state index in [1.807, 2.05) is 0 Å². The van der Waals surface area contributed by atoms with E-state index in [4.69, 9.17) is 22.2 Å². The van der Waals surface area contributed by atoms with E-state index in [0.717, 1.165) is 0 Å². The van der Waals surface area contributed by atoms with Crippen LogP contribution in [0.3, 0.4) is 0 Å². The molecule has 1 aromatic rings. The average molecular weight is 257 g/mol. The fourth-order valence-corrected chi connectivity index (χ4v) is 1.83. The van der Waals surface area contributed by atoms with E-state index in [1.165, 1.54) is 6.20 Å². The number of nitrogens with one attached hydrogen (secondary N) is 1. The van der Waals surface area contributed by atoms with Crippen molar-refractivity contribution in [3.63, 3.8) is 0 Å². The Morgan fingerprint density at radius 3 is 2.82 bits per heavy atom. The highest BCUT2D eigenvalue weighted by Gasteiger charge is 2.19. The van der Waals surface area contributed by atoms with Gasteiger partial charge in [0.2, 0.25) is 0 Å². The summed E-state index contributed by atoms with van der Waals surface area (Å²) in [5.74, 6) is 5.47. The highest BCUT2D eigenvalue weighted by Crippen LogP contribution is 2.20. The molecule has 0 saturated carbocycles. The van der Waals surface area contributed by atoms with Crippen molar-refractivity contribution in [1.29, 1.82) is 0 Å². The van der Waals surface area contributed by atoms with Crippen LogP contribution < -0.4 is 11.3 Å². The Morgan fingerprint density at radius 1 is 1.53 bits per heavy atom. The van der Waals surface area contributed by atoms with Gasteiger partial charge in [0.05, 0.1) is 23.8 Å². The van der Waals surface area contributed by atoms with Gasteiger partial charge >= 0.3 is 0 Å². The second kappa shape index (κ2) is 5.31. The zero-order chi connectivity index (χ0) is 12.3.